The van der Waals surface area contributed by atoms with Gasteiger partial charge in [0, 0.05) is 17.7 Å². The minimum absolute atomic E-state index is 0.0297. The lowest BCUT2D eigenvalue weighted by Crippen LogP contribution is -2.07. The van der Waals surface area contributed by atoms with Crippen LogP contribution in [-0.2, 0) is 6.42 Å². The van der Waals surface area contributed by atoms with E-state index in [0.717, 1.165) is 0 Å². The van der Waals surface area contributed by atoms with Crippen molar-refractivity contribution in [3.8, 4) is 5.75 Å². The Morgan fingerprint density at radius 2 is 2.05 bits per heavy atom. The number of ketones is 1. The molecule has 0 aliphatic heterocycles. The number of hydrogen-bond donors (Lipinski definition) is 1. The number of rotatable bonds is 4. The van der Waals surface area contributed by atoms with Crippen molar-refractivity contribution in [1.82, 2.24) is 0 Å². The molecule has 104 valence electrons. The Morgan fingerprint density at radius 3 is 2.70 bits per heavy atom. The Labute approximate surface area is 121 Å². The lowest BCUT2D eigenvalue weighted by Gasteiger charge is -2.08. The zero-order chi connectivity index (χ0) is 14.7. The van der Waals surface area contributed by atoms with Gasteiger partial charge in [0.05, 0.1) is 12.1 Å². The van der Waals surface area contributed by atoms with Crippen LogP contribution in [0.2, 0.25) is 5.02 Å². The largest absolute Gasteiger partial charge is 0.497 e. The van der Waals surface area contributed by atoms with Crippen LogP contribution >= 0.6 is 11.6 Å². The molecule has 2 aromatic rings. The highest BCUT2D eigenvalue weighted by atomic mass is 35.5. The monoisotopic (exact) mass is 293 g/mol. The van der Waals surface area contributed by atoms with Gasteiger partial charge in [-0.2, -0.15) is 0 Å². The predicted molar refractivity (Wildman–Crippen MR) is 76.9 cm³/mol. The summed E-state index contributed by atoms with van der Waals surface area (Å²) in [5.41, 5.74) is 7.05. The van der Waals surface area contributed by atoms with Crippen molar-refractivity contribution >= 4 is 23.1 Å². The fourth-order valence-corrected chi connectivity index (χ4v) is 1.95. The van der Waals surface area contributed by atoms with Crippen molar-refractivity contribution in [3.63, 3.8) is 0 Å². The second-order valence-electron chi connectivity index (χ2n) is 4.30. The van der Waals surface area contributed by atoms with Gasteiger partial charge >= 0.3 is 0 Å². The zero-order valence-corrected chi connectivity index (χ0v) is 11.6. The van der Waals surface area contributed by atoms with Gasteiger partial charge in [0.1, 0.15) is 11.6 Å². The Morgan fingerprint density at radius 1 is 1.30 bits per heavy atom. The molecule has 0 spiro atoms. The number of anilines is 1. The van der Waals surface area contributed by atoms with E-state index in [0.29, 0.717) is 22.6 Å². The highest BCUT2D eigenvalue weighted by Gasteiger charge is 2.13. The molecule has 5 heteroatoms. The molecule has 20 heavy (non-hydrogen) atoms. The van der Waals surface area contributed by atoms with Gasteiger partial charge in [0.2, 0.25) is 0 Å². The number of nitrogens with two attached hydrogens (primary N) is 1. The molecule has 0 aliphatic carbocycles. The first-order valence-electron chi connectivity index (χ1n) is 5.92. The van der Waals surface area contributed by atoms with Crippen LogP contribution in [0.25, 0.3) is 0 Å². The van der Waals surface area contributed by atoms with Crippen LogP contribution in [0.1, 0.15) is 15.9 Å². The lowest BCUT2D eigenvalue weighted by molar-refractivity contribution is 0.0993. The van der Waals surface area contributed by atoms with Crippen LogP contribution in [0.5, 0.6) is 5.75 Å². The minimum atomic E-state index is -0.546. The molecule has 0 aliphatic rings. The predicted octanol–water partition coefficient (Wildman–Crippen LogP) is 3.50. The molecule has 0 saturated carbocycles. The first kappa shape index (κ1) is 14.3. The summed E-state index contributed by atoms with van der Waals surface area (Å²) in [6.07, 6.45) is 0.0471. The minimum Gasteiger partial charge on any atom is -0.497 e. The Balaban J connectivity index is 2.25. The van der Waals surface area contributed by atoms with Gasteiger partial charge < -0.3 is 10.5 Å². The number of carbonyl (C=O) groups excluding carboxylic acids is 1. The van der Waals surface area contributed by atoms with Gasteiger partial charge in [-0.15, -0.1) is 0 Å². The van der Waals surface area contributed by atoms with Crippen molar-refractivity contribution in [1.29, 1.82) is 0 Å². The molecule has 0 amide bonds. The van der Waals surface area contributed by atoms with E-state index in [1.54, 1.807) is 24.3 Å². The summed E-state index contributed by atoms with van der Waals surface area (Å²) in [5.74, 6) is -0.205. The first-order chi connectivity index (χ1) is 9.51. The molecule has 0 aromatic heterocycles. The van der Waals surface area contributed by atoms with Crippen LogP contribution in [0, 0.1) is 5.82 Å². The summed E-state index contributed by atoms with van der Waals surface area (Å²) in [6.45, 7) is 0. The van der Waals surface area contributed by atoms with E-state index in [2.05, 4.69) is 0 Å². The van der Waals surface area contributed by atoms with Gasteiger partial charge in [-0.05, 0) is 35.9 Å². The molecule has 0 heterocycles. The van der Waals surface area contributed by atoms with E-state index in [9.17, 15) is 9.18 Å². The number of carbonyl (C=O) groups is 1. The fraction of sp³-hybridized carbons (Fsp3) is 0.133. The third kappa shape index (κ3) is 3.08. The molecular weight excluding hydrogens is 281 g/mol. The third-order valence-electron chi connectivity index (χ3n) is 2.91. The molecule has 0 saturated heterocycles. The van der Waals surface area contributed by atoms with Gasteiger partial charge in [-0.3, -0.25) is 4.79 Å². The van der Waals surface area contributed by atoms with Crippen LogP contribution < -0.4 is 10.5 Å². The van der Waals surface area contributed by atoms with Gasteiger partial charge in [-0.1, -0.05) is 17.7 Å². The number of halogens is 2. The average Bonchev–Trinajstić information content (AvgIpc) is 2.43. The summed E-state index contributed by atoms with van der Waals surface area (Å²) in [6, 6.07) is 9.14. The summed E-state index contributed by atoms with van der Waals surface area (Å²) < 4.78 is 18.4. The van der Waals surface area contributed by atoms with Crippen molar-refractivity contribution in [2.45, 2.75) is 6.42 Å². The second-order valence-corrected chi connectivity index (χ2v) is 4.71. The van der Waals surface area contributed by atoms with E-state index in [-0.39, 0.29) is 17.2 Å². The number of nitrogen functional groups attached to an aromatic ring is 1. The molecular formula is C15H13ClFNO2. The quantitative estimate of drug-likeness (QED) is 0.693. The number of hydrogen-bond acceptors (Lipinski definition) is 3. The van der Waals surface area contributed by atoms with Crippen LogP contribution in [-0.4, -0.2) is 12.9 Å². The smallest absolute Gasteiger partial charge is 0.169 e. The average molecular weight is 294 g/mol. The fourth-order valence-electron chi connectivity index (χ4n) is 1.83. The maximum Gasteiger partial charge on any atom is 0.169 e. The van der Waals surface area contributed by atoms with Crippen LogP contribution in [0.15, 0.2) is 36.4 Å². The normalized spacial score (nSPS) is 10.3. The van der Waals surface area contributed by atoms with Crippen molar-refractivity contribution in [2.75, 3.05) is 12.8 Å². The van der Waals surface area contributed by atoms with Crippen LogP contribution in [0.4, 0.5) is 10.1 Å². The lowest BCUT2D eigenvalue weighted by atomic mass is 10.0. The Hall–Kier alpha value is -2.07. The molecule has 2 N–H and O–H groups in total. The summed E-state index contributed by atoms with van der Waals surface area (Å²) in [4.78, 5) is 12.2. The number of Topliss-reactive ketones (excluding diaryl/α,β-unsaturated/α-hetero) is 1. The maximum absolute atomic E-state index is 13.3. The summed E-state index contributed by atoms with van der Waals surface area (Å²) in [7, 11) is 1.51. The number of ether oxygens (including phenoxy) is 1. The highest BCUT2D eigenvalue weighted by Crippen LogP contribution is 2.22. The SMILES string of the molecule is COc1ccc(N)c(C(=O)Cc2ccc(Cl)c(F)c2)c1. The molecule has 3 nitrogen and oxygen atoms in total. The van der Waals surface area contributed by atoms with E-state index >= 15 is 0 Å². The Kier molecular flexibility index (Phi) is 4.25. The van der Waals surface area contributed by atoms with Crippen molar-refractivity contribution < 1.29 is 13.9 Å². The summed E-state index contributed by atoms with van der Waals surface area (Å²) >= 11 is 5.60. The number of benzene rings is 2. The Bertz CT molecular complexity index is 658. The zero-order valence-electron chi connectivity index (χ0n) is 10.8. The van der Waals surface area contributed by atoms with Gasteiger partial charge in [-0.25, -0.2) is 4.39 Å². The summed E-state index contributed by atoms with van der Waals surface area (Å²) in [5, 5.41) is 0.0297. The molecule has 0 atom stereocenters. The second kappa shape index (κ2) is 5.92. The van der Waals surface area contributed by atoms with E-state index in [1.807, 2.05) is 0 Å². The van der Waals surface area contributed by atoms with Gasteiger partial charge in [0.15, 0.2) is 5.78 Å². The van der Waals surface area contributed by atoms with Crippen molar-refractivity contribution in [2.24, 2.45) is 0 Å². The maximum atomic E-state index is 13.3. The number of methoxy groups -OCH3 is 1. The van der Waals surface area contributed by atoms with Crippen LogP contribution in [0.3, 0.4) is 0 Å². The molecule has 0 radical (unpaired) electrons. The first-order valence-corrected chi connectivity index (χ1v) is 6.29. The van der Waals surface area contributed by atoms with Gasteiger partial charge in [0.25, 0.3) is 0 Å². The van der Waals surface area contributed by atoms with E-state index < -0.39 is 5.82 Å². The third-order valence-corrected chi connectivity index (χ3v) is 3.22. The topological polar surface area (TPSA) is 52.3 Å². The van der Waals surface area contributed by atoms with Crippen molar-refractivity contribution in [3.05, 3.63) is 58.4 Å². The highest BCUT2D eigenvalue weighted by molar-refractivity contribution is 6.30. The van der Waals surface area contributed by atoms with E-state index in [1.165, 1.54) is 19.2 Å². The van der Waals surface area contributed by atoms with E-state index in [4.69, 9.17) is 22.1 Å². The standard InChI is InChI=1S/C15H13ClFNO2/c1-20-10-3-5-14(18)11(8-10)15(19)7-9-2-4-12(16)13(17)6-9/h2-6,8H,7,18H2,1H3. The molecule has 2 rings (SSSR count). The molecule has 2 aromatic carbocycles. The molecule has 0 fully saturated rings. The molecule has 0 unspecified atom stereocenters. The molecule has 0 bridgehead atoms.